The summed E-state index contributed by atoms with van der Waals surface area (Å²) in [5.41, 5.74) is 0. The van der Waals surface area contributed by atoms with E-state index in [-0.39, 0.29) is 5.91 Å². The molecule has 4 nitrogen and oxygen atoms in total. The van der Waals surface area contributed by atoms with Crippen molar-refractivity contribution in [2.45, 2.75) is 39.2 Å². The average molecular weight is 227 g/mol. The molecule has 1 atom stereocenters. The first-order valence-corrected chi connectivity index (χ1v) is 6.42. The van der Waals surface area contributed by atoms with Crippen molar-refractivity contribution in [3.8, 4) is 0 Å². The topological polar surface area (TPSA) is 44.4 Å². The minimum absolute atomic E-state index is 0.0652. The number of hydrogen-bond donors (Lipinski definition) is 2. The Kier molecular flexibility index (Phi) is 6.42. The Balaban J connectivity index is 2.20. The summed E-state index contributed by atoms with van der Waals surface area (Å²) in [5.74, 6) is 0.0652. The number of hydrogen-bond acceptors (Lipinski definition) is 3. The molecule has 1 saturated heterocycles. The number of amides is 1. The Labute approximate surface area is 98.8 Å². The summed E-state index contributed by atoms with van der Waals surface area (Å²) in [5, 5.41) is 6.37. The summed E-state index contributed by atoms with van der Waals surface area (Å²) in [6.07, 6.45) is 3.77. The molecule has 0 aliphatic carbocycles. The molecule has 0 bridgehead atoms. The smallest absolute Gasteiger partial charge is 0.216 e. The fourth-order valence-corrected chi connectivity index (χ4v) is 2.22. The fourth-order valence-electron chi connectivity index (χ4n) is 2.22. The van der Waals surface area contributed by atoms with Crippen LogP contribution in [0.5, 0.6) is 0 Å². The first kappa shape index (κ1) is 13.5. The molecule has 1 rings (SSSR count). The number of nitrogens with one attached hydrogen (secondary N) is 2. The standard InChI is InChI=1S/C12H25N3O/c1-3-8-15(9-7-13-11(2)16)10-12-5-4-6-14-12/h12,14H,3-10H2,1-2H3,(H,13,16). The van der Waals surface area contributed by atoms with Gasteiger partial charge in [-0.3, -0.25) is 4.79 Å². The number of carbonyl (C=O) groups is 1. The van der Waals surface area contributed by atoms with E-state index in [9.17, 15) is 4.79 Å². The highest BCUT2D eigenvalue weighted by molar-refractivity contribution is 5.72. The molecule has 0 aromatic carbocycles. The highest BCUT2D eigenvalue weighted by Crippen LogP contribution is 2.06. The van der Waals surface area contributed by atoms with E-state index >= 15 is 0 Å². The van der Waals surface area contributed by atoms with E-state index in [4.69, 9.17) is 0 Å². The molecule has 0 spiro atoms. The number of rotatable bonds is 7. The van der Waals surface area contributed by atoms with Gasteiger partial charge in [-0.05, 0) is 32.4 Å². The largest absolute Gasteiger partial charge is 0.355 e. The van der Waals surface area contributed by atoms with Gasteiger partial charge in [0.1, 0.15) is 0 Å². The molecule has 0 radical (unpaired) electrons. The molecule has 1 aliphatic rings. The molecule has 1 fully saturated rings. The van der Waals surface area contributed by atoms with Crippen LogP contribution in [0.3, 0.4) is 0 Å². The van der Waals surface area contributed by atoms with E-state index < -0.39 is 0 Å². The molecule has 1 amide bonds. The predicted octanol–water partition coefficient (Wildman–Crippen LogP) is 0.587. The van der Waals surface area contributed by atoms with Crippen LogP contribution in [-0.2, 0) is 4.79 Å². The third kappa shape index (κ3) is 5.47. The lowest BCUT2D eigenvalue weighted by molar-refractivity contribution is -0.119. The van der Waals surface area contributed by atoms with Gasteiger partial charge in [-0.1, -0.05) is 6.92 Å². The summed E-state index contributed by atoms with van der Waals surface area (Å²) in [7, 11) is 0. The van der Waals surface area contributed by atoms with Gasteiger partial charge in [-0.25, -0.2) is 0 Å². The summed E-state index contributed by atoms with van der Waals surface area (Å²) >= 11 is 0. The summed E-state index contributed by atoms with van der Waals surface area (Å²) < 4.78 is 0. The number of carbonyl (C=O) groups excluding carboxylic acids is 1. The van der Waals surface area contributed by atoms with Crippen molar-refractivity contribution < 1.29 is 4.79 Å². The summed E-state index contributed by atoms with van der Waals surface area (Å²) in [6, 6.07) is 0.656. The second-order valence-corrected chi connectivity index (χ2v) is 4.58. The Morgan fingerprint density at radius 3 is 2.88 bits per heavy atom. The van der Waals surface area contributed by atoms with E-state index in [1.54, 1.807) is 6.92 Å². The Morgan fingerprint density at radius 1 is 1.50 bits per heavy atom. The molecule has 0 aromatic heterocycles. The van der Waals surface area contributed by atoms with Gasteiger partial charge in [0.15, 0.2) is 0 Å². The minimum atomic E-state index is 0.0652. The van der Waals surface area contributed by atoms with E-state index in [0.717, 1.165) is 32.7 Å². The van der Waals surface area contributed by atoms with Crippen molar-refractivity contribution in [3.63, 3.8) is 0 Å². The molecule has 0 aromatic rings. The van der Waals surface area contributed by atoms with E-state index in [1.807, 2.05) is 0 Å². The molecular weight excluding hydrogens is 202 g/mol. The molecular formula is C12H25N3O. The molecule has 1 aliphatic heterocycles. The molecule has 94 valence electrons. The molecule has 0 saturated carbocycles. The van der Waals surface area contributed by atoms with Crippen LogP contribution in [0.1, 0.15) is 33.1 Å². The van der Waals surface area contributed by atoms with Crippen molar-refractivity contribution in [3.05, 3.63) is 0 Å². The minimum Gasteiger partial charge on any atom is -0.355 e. The zero-order chi connectivity index (χ0) is 11.8. The van der Waals surface area contributed by atoms with Gasteiger partial charge in [-0.2, -0.15) is 0 Å². The lowest BCUT2D eigenvalue weighted by atomic mass is 10.2. The van der Waals surface area contributed by atoms with Crippen LogP contribution in [0.25, 0.3) is 0 Å². The van der Waals surface area contributed by atoms with E-state index in [0.29, 0.717) is 6.04 Å². The zero-order valence-corrected chi connectivity index (χ0v) is 10.6. The molecule has 4 heteroatoms. The van der Waals surface area contributed by atoms with Crippen molar-refractivity contribution in [1.82, 2.24) is 15.5 Å². The lowest BCUT2D eigenvalue weighted by Gasteiger charge is -2.25. The van der Waals surface area contributed by atoms with Crippen molar-refractivity contribution in [1.29, 1.82) is 0 Å². The highest BCUT2D eigenvalue weighted by atomic mass is 16.1. The van der Waals surface area contributed by atoms with Gasteiger partial charge in [-0.15, -0.1) is 0 Å². The number of nitrogens with zero attached hydrogens (tertiary/aromatic N) is 1. The lowest BCUT2D eigenvalue weighted by Crippen LogP contribution is -2.41. The maximum absolute atomic E-state index is 10.8. The van der Waals surface area contributed by atoms with Gasteiger partial charge >= 0.3 is 0 Å². The second kappa shape index (κ2) is 7.63. The van der Waals surface area contributed by atoms with Crippen LogP contribution in [0, 0.1) is 0 Å². The van der Waals surface area contributed by atoms with Crippen LogP contribution in [0.15, 0.2) is 0 Å². The zero-order valence-electron chi connectivity index (χ0n) is 10.6. The predicted molar refractivity (Wildman–Crippen MR) is 66.4 cm³/mol. The maximum Gasteiger partial charge on any atom is 0.216 e. The quantitative estimate of drug-likeness (QED) is 0.669. The van der Waals surface area contributed by atoms with Crippen molar-refractivity contribution in [2.24, 2.45) is 0 Å². The van der Waals surface area contributed by atoms with Gasteiger partial charge < -0.3 is 15.5 Å². The maximum atomic E-state index is 10.8. The van der Waals surface area contributed by atoms with E-state index in [1.165, 1.54) is 19.3 Å². The highest BCUT2D eigenvalue weighted by Gasteiger charge is 2.17. The van der Waals surface area contributed by atoms with Gasteiger partial charge in [0.2, 0.25) is 5.91 Å². The first-order valence-electron chi connectivity index (χ1n) is 6.42. The molecule has 1 unspecified atom stereocenters. The van der Waals surface area contributed by atoms with E-state index in [2.05, 4.69) is 22.5 Å². The monoisotopic (exact) mass is 227 g/mol. The fraction of sp³-hybridized carbons (Fsp3) is 0.917. The third-order valence-corrected chi connectivity index (χ3v) is 2.98. The average Bonchev–Trinajstić information content (AvgIpc) is 2.70. The van der Waals surface area contributed by atoms with Crippen molar-refractivity contribution >= 4 is 5.91 Å². The second-order valence-electron chi connectivity index (χ2n) is 4.58. The Hall–Kier alpha value is -0.610. The van der Waals surface area contributed by atoms with Crippen LogP contribution in [-0.4, -0.2) is 49.6 Å². The molecule has 16 heavy (non-hydrogen) atoms. The molecule has 2 N–H and O–H groups in total. The summed E-state index contributed by atoms with van der Waals surface area (Å²) in [6.45, 7) is 8.91. The molecule has 1 heterocycles. The van der Waals surface area contributed by atoms with Crippen LogP contribution < -0.4 is 10.6 Å². The summed E-state index contributed by atoms with van der Waals surface area (Å²) in [4.78, 5) is 13.2. The van der Waals surface area contributed by atoms with Crippen molar-refractivity contribution in [2.75, 3.05) is 32.7 Å². The third-order valence-electron chi connectivity index (χ3n) is 2.98. The van der Waals surface area contributed by atoms with Gasteiger partial charge in [0.05, 0.1) is 0 Å². The first-order chi connectivity index (χ1) is 7.72. The van der Waals surface area contributed by atoms with Gasteiger partial charge in [0, 0.05) is 32.6 Å². The Morgan fingerprint density at radius 2 is 2.31 bits per heavy atom. The normalized spacial score (nSPS) is 20.3. The van der Waals surface area contributed by atoms with Gasteiger partial charge in [0.25, 0.3) is 0 Å². The SMILES string of the molecule is CCCN(CCNC(C)=O)CC1CCCN1. The van der Waals surface area contributed by atoms with Crippen LogP contribution in [0.2, 0.25) is 0 Å². The van der Waals surface area contributed by atoms with Crippen LogP contribution in [0.4, 0.5) is 0 Å². The van der Waals surface area contributed by atoms with Crippen LogP contribution >= 0.6 is 0 Å². The Bertz CT molecular complexity index is 202.